The normalized spacial score (nSPS) is 20.6. The van der Waals surface area contributed by atoms with Crippen LogP contribution in [0, 0.1) is 22.9 Å². The van der Waals surface area contributed by atoms with Gasteiger partial charge in [0.25, 0.3) is 0 Å². The maximum absolute atomic E-state index is 15.5. The molecule has 0 fully saturated rings. The van der Waals surface area contributed by atoms with E-state index in [0.717, 1.165) is 10.5 Å². The molecule has 0 spiro atoms. The van der Waals surface area contributed by atoms with E-state index in [1.165, 1.54) is 32.2 Å². The fraction of sp³-hybridized carbons (Fsp3) is 0.263. The molecule has 30 heavy (non-hydrogen) atoms. The Bertz CT molecular complexity index is 1180. The van der Waals surface area contributed by atoms with Crippen LogP contribution in [0.3, 0.4) is 0 Å². The van der Waals surface area contributed by atoms with Gasteiger partial charge in [-0.1, -0.05) is 6.07 Å². The molecule has 1 aliphatic heterocycles. The van der Waals surface area contributed by atoms with Gasteiger partial charge in [-0.3, -0.25) is 0 Å². The van der Waals surface area contributed by atoms with Crippen LogP contribution in [0.2, 0.25) is 0 Å². The van der Waals surface area contributed by atoms with Gasteiger partial charge in [0.1, 0.15) is 11.4 Å². The Morgan fingerprint density at radius 3 is 2.50 bits per heavy atom. The minimum Gasteiger partial charge on any atom is -0.388 e. The van der Waals surface area contributed by atoms with Gasteiger partial charge >= 0.3 is 0 Å². The summed E-state index contributed by atoms with van der Waals surface area (Å²) in [6, 6.07) is 4.80. The van der Waals surface area contributed by atoms with E-state index in [1.807, 2.05) is 0 Å². The highest BCUT2D eigenvalue weighted by Gasteiger charge is 2.43. The van der Waals surface area contributed by atoms with Crippen LogP contribution in [0.4, 0.5) is 18.9 Å². The summed E-state index contributed by atoms with van der Waals surface area (Å²) in [6.07, 6.45) is 0.987. The molecule has 160 valence electrons. The van der Waals surface area contributed by atoms with Crippen LogP contribution < -0.4 is 11.1 Å². The molecule has 7 nitrogen and oxygen atoms in total. The van der Waals surface area contributed by atoms with Gasteiger partial charge in [0, 0.05) is 37.1 Å². The second-order valence-corrected chi connectivity index (χ2v) is 9.07. The first-order valence-electron chi connectivity index (χ1n) is 8.77. The van der Waals surface area contributed by atoms with Crippen molar-refractivity contribution in [3.8, 4) is 11.1 Å². The minimum absolute atomic E-state index is 0.0143. The lowest BCUT2D eigenvalue weighted by Gasteiger charge is -2.35. The molecular formula is C19H20F3N5O2S. The van der Waals surface area contributed by atoms with Crippen LogP contribution in [0.25, 0.3) is 11.1 Å². The Morgan fingerprint density at radius 1 is 1.27 bits per heavy atom. The fourth-order valence-corrected chi connectivity index (χ4v) is 4.85. The molecule has 1 aliphatic rings. The van der Waals surface area contributed by atoms with Crippen LogP contribution in [0.15, 0.2) is 29.3 Å². The zero-order valence-corrected chi connectivity index (χ0v) is 17.2. The van der Waals surface area contributed by atoms with Crippen molar-refractivity contribution in [2.45, 2.75) is 12.5 Å². The van der Waals surface area contributed by atoms with E-state index in [9.17, 15) is 17.2 Å². The van der Waals surface area contributed by atoms with Crippen LogP contribution in [-0.4, -0.2) is 44.7 Å². The third kappa shape index (κ3) is 3.38. The molecule has 0 saturated heterocycles. The smallest absolute Gasteiger partial charge is 0.239 e. The summed E-state index contributed by atoms with van der Waals surface area (Å²) in [5, 5.41) is 10.3. The van der Waals surface area contributed by atoms with Crippen LogP contribution in [0.5, 0.6) is 0 Å². The largest absolute Gasteiger partial charge is 0.388 e. The summed E-state index contributed by atoms with van der Waals surface area (Å²) in [4.78, 5) is 4.05. The van der Waals surface area contributed by atoms with Gasteiger partial charge in [-0.05, 0) is 30.7 Å². The molecule has 11 heteroatoms. The molecule has 2 aromatic carbocycles. The standard InChI is InChI=1S/C19H20F3N5O2S/c1-19(9-30(28,29)27(3)18(24)26-19)12-7-13(20)17(22)15(16(12)21)10-4-5-14(25-2)11(6-10)8-23/h4-8,23,25H,9H2,1-3H3,(H2,24,26)/t19-/m0/s1. The van der Waals surface area contributed by atoms with Gasteiger partial charge in [0.15, 0.2) is 11.6 Å². The molecule has 0 saturated carbocycles. The summed E-state index contributed by atoms with van der Waals surface area (Å²) in [6.45, 7) is 1.29. The third-order valence-electron chi connectivity index (χ3n) is 5.07. The van der Waals surface area contributed by atoms with E-state index in [4.69, 9.17) is 11.1 Å². The monoisotopic (exact) mass is 439 g/mol. The Hall–Kier alpha value is -3.08. The number of aliphatic imine (C=N–C) groups is 1. The van der Waals surface area contributed by atoms with Gasteiger partial charge in [0.05, 0.1) is 11.3 Å². The van der Waals surface area contributed by atoms with Gasteiger partial charge in [-0.25, -0.2) is 30.9 Å². The first-order valence-corrected chi connectivity index (χ1v) is 10.4. The zero-order valence-electron chi connectivity index (χ0n) is 16.4. The maximum Gasteiger partial charge on any atom is 0.239 e. The number of nitrogens with one attached hydrogen (secondary N) is 2. The van der Waals surface area contributed by atoms with Gasteiger partial charge < -0.3 is 16.5 Å². The molecule has 0 aliphatic carbocycles. The number of nitrogens with two attached hydrogens (primary N) is 1. The number of anilines is 1. The Kier molecular flexibility index (Phi) is 5.27. The van der Waals surface area contributed by atoms with E-state index in [0.29, 0.717) is 17.3 Å². The number of benzene rings is 2. The van der Waals surface area contributed by atoms with Gasteiger partial charge in [0.2, 0.25) is 16.0 Å². The second kappa shape index (κ2) is 7.31. The Morgan fingerprint density at radius 2 is 1.93 bits per heavy atom. The second-order valence-electron chi connectivity index (χ2n) is 7.07. The molecular weight excluding hydrogens is 419 g/mol. The van der Waals surface area contributed by atoms with Gasteiger partial charge in [-0.15, -0.1) is 0 Å². The number of hydrogen-bond donors (Lipinski definition) is 3. The lowest BCUT2D eigenvalue weighted by molar-refractivity contribution is 0.443. The van der Waals surface area contributed by atoms with E-state index < -0.39 is 49.9 Å². The van der Waals surface area contributed by atoms with E-state index in [2.05, 4.69) is 10.3 Å². The van der Waals surface area contributed by atoms with Crippen molar-refractivity contribution in [3.63, 3.8) is 0 Å². The highest BCUT2D eigenvalue weighted by atomic mass is 32.2. The van der Waals surface area contributed by atoms with Crippen molar-refractivity contribution >= 4 is 27.9 Å². The maximum atomic E-state index is 15.5. The Balaban J connectivity index is 2.29. The SMILES string of the molecule is CNc1ccc(-c2c(F)c(F)cc([C@]3(C)CS(=O)(=O)N(C)C(N)=N3)c2F)cc1C=N. The molecule has 1 heterocycles. The van der Waals surface area contributed by atoms with Crippen LogP contribution in [-0.2, 0) is 15.6 Å². The summed E-state index contributed by atoms with van der Waals surface area (Å²) in [7, 11) is -1.13. The third-order valence-corrected chi connectivity index (χ3v) is 7.01. The first kappa shape index (κ1) is 21.6. The van der Waals surface area contributed by atoms with Crippen molar-refractivity contribution in [2.75, 3.05) is 25.2 Å². The predicted octanol–water partition coefficient (Wildman–Crippen LogP) is 2.62. The number of halogens is 3. The molecule has 0 aromatic heterocycles. The molecule has 0 bridgehead atoms. The van der Waals surface area contributed by atoms with Crippen LogP contribution in [0.1, 0.15) is 18.1 Å². The number of nitrogens with zero attached hydrogens (tertiary/aromatic N) is 2. The molecule has 1 atom stereocenters. The van der Waals surface area contributed by atoms with E-state index in [1.54, 1.807) is 7.05 Å². The highest BCUT2D eigenvalue weighted by molar-refractivity contribution is 7.89. The predicted molar refractivity (Wildman–Crippen MR) is 110 cm³/mol. The average molecular weight is 439 g/mol. The molecule has 0 amide bonds. The van der Waals surface area contributed by atoms with E-state index >= 15 is 4.39 Å². The number of hydrogen-bond acceptors (Lipinski definition) is 6. The Labute approximate surface area is 172 Å². The molecule has 3 rings (SSSR count). The van der Waals surface area contributed by atoms with Crippen molar-refractivity contribution in [1.82, 2.24) is 4.31 Å². The topological polar surface area (TPSA) is 112 Å². The fourth-order valence-electron chi connectivity index (χ4n) is 3.40. The summed E-state index contributed by atoms with van der Waals surface area (Å²) in [5.41, 5.74) is 3.65. The average Bonchev–Trinajstić information content (AvgIpc) is 2.68. The summed E-state index contributed by atoms with van der Waals surface area (Å²) in [5.74, 6) is -5.01. The quantitative estimate of drug-likeness (QED) is 0.502. The molecule has 2 aromatic rings. The number of guanidine groups is 1. The lowest BCUT2D eigenvalue weighted by atomic mass is 9.89. The summed E-state index contributed by atoms with van der Waals surface area (Å²) >= 11 is 0. The molecule has 0 radical (unpaired) electrons. The van der Waals surface area contributed by atoms with Crippen molar-refractivity contribution in [1.29, 1.82) is 5.41 Å². The lowest BCUT2D eigenvalue weighted by Crippen LogP contribution is -2.50. The van der Waals surface area contributed by atoms with Crippen LogP contribution >= 0.6 is 0 Å². The molecule has 0 unspecified atom stereocenters. The number of rotatable bonds is 4. The van der Waals surface area contributed by atoms with Crippen molar-refractivity contribution in [3.05, 3.63) is 52.8 Å². The van der Waals surface area contributed by atoms with Crippen molar-refractivity contribution in [2.24, 2.45) is 10.7 Å². The molecule has 4 N–H and O–H groups in total. The summed E-state index contributed by atoms with van der Waals surface area (Å²) < 4.78 is 70.2. The van der Waals surface area contributed by atoms with Crippen molar-refractivity contribution < 1.29 is 21.6 Å². The van der Waals surface area contributed by atoms with E-state index in [-0.39, 0.29) is 11.5 Å². The minimum atomic E-state index is -3.95. The highest BCUT2D eigenvalue weighted by Crippen LogP contribution is 2.39. The number of sulfonamides is 1. The zero-order chi connectivity index (χ0) is 22.4. The van der Waals surface area contributed by atoms with Gasteiger partial charge in [-0.2, -0.15) is 0 Å². The first-order chi connectivity index (χ1) is 13.9.